The summed E-state index contributed by atoms with van der Waals surface area (Å²) >= 11 is 1.81. The number of thioether (sulfide) groups is 1. The number of ether oxygens (including phenoxy) is 1. The van der Waals surface area contributed by atoms with Gasteiger partial charge in [0.05, 0.1) is 25.0 Å². The highest BCUT2D eigenvalue weighted by atomic mass is 32.2. The van der Waals surface area contributed by atoms with Crippen molar-refractivity contribution in [3.05, 3.63) is 41.3 Å². The number of imidazole rings is 1. The molecule has 0 saturated heterocycles. The van der Waals surface area contributed by atoms with Crippen LogP contribution in [0, 0.1) is 0 Å². The zero-order chi connectivity index (χ0) is 17.5. The van der Waals surface area contributed by atoms with Gasteiger partial charge in [0.2, 0.25) is 0 Å². The molecule has 7 heteroatoms. The van der Waals surface area contributed by atoms with Crippen molar-refractivity contribution in [1.29, 1.82) is 0 Å². The fourth-order valence-corrected chi connectivity index (χ4v) is 4.74. The van der Waals surface area contributed by atoms with E-state index in [2.05, 4.69) is 38.2 Å². The number of hydrogen-bond donors (Lipinski definition) is 0. The summed E-state index contributed by atoms with van der Waals surface area (Å²) in [5.74, 6) is 2.03. The lowest BCUT2D eigenvalue weighted by Crippen LogP contribution is -2.01. The molecule has 1 aliphatic carbocycles. The summed E-state index contributed by atoms with van der Waals surface area (Å²) in [5, 5.41) is 9.84. The van der Waals surface area contributed by atoms with Crippen LogP contribution >= 0.6 is 11.8 Å². The highest BCUT2D eigenvalue weighted by Crippen LogP contribution is 2.35. The Morgan fingerprint density at radius 1 is 1.19 bits per heavy atom. The van der Waals surface area contributed by atoms with E-state index < -0.39 is 0 Å². The van der Waals surface area contributed by atoms with Crippen molar-refractivity contribution in [2.75, 3.05) is 12.4 Å². The molecule has 6 nitrogen and oxygen atoms in total. The van der Waals surface area contributed by atoms with Crippen LogP contribution in [0.15, 0.2) is 29.7 Å². The molecule has 0 atom stereocenters. The molecule has 0 amide bonds. The lowest BCUT2D eigenvalue weighted by Gasteiger charge is -2.11. The zero-order valence-corrected chi connectivity index (χ0v) is 15.6. The summed E-state index contributed by atoms with van der Waals surface area (Å²) in [6, 6.07) is 4.43. The highest BCUT2D eigenvalue weighted by Gasteiger charge is 2.19. The summed E-state index contributed by atoms with van der Waals surface area (Å²) in [4.78, 5) is 4.67. The smallest absolute Gasteiger partial charge is 0.168 e. The second-order valence-corrected chi connectivity index (χ2v) is 7.82. The van der Waals surface area contributed by atoms with Crippen LogP contribution in [0.4, 0.5) is 0 Å². The van der Waals surface area contributed by atoms with E-state index in [1.165, 1.54) is 17.5 Å². The largest absolute Gasteiger partial charge is 0.493 e. The van der Waals surface area contributed by atoms with Gasteiger partial charge in [-0.2, -0.15) is 0 Å². The lowest BCUT2D eigenvalue weighted by molar-refractivity contribution is 0.341. The van der Waals surface area contributed by atoms with E-state index in [1.807, 2.05) is 29.6 Å². The Bertz CT molecular complexity index is 939. The molecule has 0 fully saturated rings. The molecule has 1 aliphatic heterocycles. The maximum atomic E-state index is 5.89. The molecule has 26 heavy (non-hydrogen) atoms. The Labute approximate surface area is 156 Å². The number of fused-ring (bicyclic) bond motifs is 2. The van der Waals surface area contributed by atoms with E-state index >= 15 is 0 Å². The quantitative estimate of drug-likeness (QED) is 0.693. The molecule has 0 saturated carbocycles. The summed E-state index contributed by atoms with van der Waals surface area (Å²) in [6.45, 7) is 4.35. The minimum Gasteiger partial charge on any atom is -0.493 e. The van der Waals surface area contributed by atoms with Crippen LogP contribution in [-0.2, 0) is 25.9 Å². The molecule has 3 heterocycles. The molecule has 0 unspecified atom stereocenters. The van der Waals surface area contributed by atoms with E-state index in [-0.39, 0.29) is 0 Å². The molecule has 0 N–H and O–H groups in total. The molecule has 3 aromatic rings. The van der Waals surface area contributed by atoms with Crippen LogP contribution in [-0.4, -0.2) is 36.9 Å². The Kier molecular flexibility index (Phi) is 3.96. The first kappa shape index (κ1) is 15.9. The first-order valence-corrected chi connectivity index (χ1v) is 10.2. The molecule has 0 radical (unpaired) electrons. The third kappa shape index (κ3) is 2.80. The highest BCUT2D eigenvalue weighted by molar-refractivity contribution is 7.99. The van der Waals surface area contributed by atoms with Gasteiger partial charge < -0.3 is 9.30 Å². The minimum atomic E-state index is 0.641. The summed E-state index contributed by atoms with van der Waals surface area (Å²) in [6.07, 6.45) is 7.63. The van der Waals surface area contributed by atoms with Crippen molar-refractivity contribution in [3.8, 4) is 17.0 Å². The molecular weight excluding hydrogens is 346 g/mol. The monoisotopic (exact) mass is 367 g/mol. The molecule has 134 valence electrons. The van der Waals surface area contributed by atoms with E-state index in [0.29, 0.717) is 13.2 Å². The topological polar surface area (TPSA) is 57.8 Å². The van der Waals surface area contributed by atoms with Crippen molar-refractivity contribution < 1.29 is 4.74 Å². The molecule has 2 aliphatic rings. The normalized spacial score (nSPS) is 15.3. The second-order valence-electron chi connectivity index (χ2n) is 6.76. The Hall–Kier alpha value is -2.28. The average molecular weight is 367 g/mol. The molecule has 0 bridgehead atoms. The van der Waals surface area contributed by atoms with Crippen LogP contribution in [0.25, 0.3) is 11.3 Å². The van der Waals surface area contributed by atoms with Gasteiger partial charge >= 0.3 is 0 Å². The summed E-state index contributed by atoms with van der Waals surface area (Å²) in [7, 11) is 0. The molecule has 0 spiro atoms. The second kappa shape index (κ2) is 6.46. The van der Waals surface area contributed by atoms with Gasteiger partial charge in [-0.15, -0.1) is 5.10 Å². The van der Waals surface area contributed by atoms with Crippen LogP contribution in [0.5, 0.6) is 5.75 Å². The van der Waals surface area contributed by atoms with Crippen LogP contribution in [0.1, 0.15) is 30.2 Å². The standard InChI is InChI=1S/C19H21N5OS/c1-2-25-18-9-14-5-3-4-13(14)8-16(18)17-12-24(22-21-17)11-15-10-23-6-7-26-19(23)20-15/h8-10,12H,2-7,11H2,1H3. The lowest BCUT2D eigenvalue weighted by atomic mass is 10.0. The Morgan fingerprint density at radius 3 is 2.92 bits per heavy atom. The maximum absolute atomic E-state index is 5.89. The molecular formula is C19H21N5OS. The third-order valence-corrected chi connectivity index (χ3v) is 5.96. The van der Waals surface area contributed by atoms with Gasteiger partial charge in [0, 0.05) is 24.1 Å². The summed E-state index contributed by atoms with van der Waals surface area (Å²) in [5.41, 5.74) is 5.77. The first-order valence-electron chi connectivity index (χ1n) is 9.18. The van der Waals surface area contributed by atoms with E-state index in [0.717, 1.165) is 53.0 Å². The van der Waals surface area contributed by atoms with Gasteiger partial charge in [0.15, 0.2) is 5.16 Å². The Morgan fingerprint density at radius 2 is 2.08 bits per heavy atom. The van der Waals surface area contributed by atoms with Crippen molar-refractivity contribution in [2.45, 2.75) is 44.4 Å². The van der Waals surface area contributed by atoms with E-state index in [9.17, 15) is 0 Å². The molecule has 5 rings (SSSR count). The first-order chi connectivity index (χ1) is 12.8. The number of hydrogen-bond acceptors (Lipinski definition) is 5. The van der Waals surface area contributed by atoms with Gasteiger partial charge in [-0.25, -0.2) is 9.67 Å². The number of rotatable bonds is 5. The number of aromatic nitrogens is 5. The average Bonchev–Trinajstić information content (AvgIpc) is 3.38. The van der Waals surface area contributed by atoms with Gasteiger partial charge in [0.25, 0.3) is 0 Å². The van der Waals surface area contributed by atoms with Gasteiger partial charge in [-0.1, -0.05) is 17.0 Å². The van der Waals surface area contributed by atoms with Gasteiger partial charge in [-0.3, -0.25) is 0 Å². The van der Waals surface area contributed by atoms with Crippen molar-refractivity contribution in [3.63, 3.8) is 0 Å². The van der Waals surface area contributed by atoms with Crippen LogP contribution < -0.4 is 4.74 Å². The van der Waals surface area contributed by atoms with Crippen molar-refractivity contribution >= 4 is 11.8 Å². The predicted molar refractivity (Wildman–Crippen MR) is 101 cm³/mol. The Balaban J connectivity index is 1.44. The molecule has 2 aromatic heterocycles. The van der Waals surface area contributed by atoms with E-state index in [4.69, 9.17) is 4.74 Å². The van der Waals surface area contributed by atoms with E-state index in [1.54, 1.807) is 0 Å². The van der Waals surface area contributed by atoms with Gasteiger partial charge in [-0.05, 0) is 49.4 Å². The minimum absolute atomic E-state index is 0.641. The summed E-state index contributed by atoms with van der Waals surface area (Å²) < 4.78 is 9.97. The fourth-order valence-electron chi connectivity index (χ4n) is 3.78. The van der Waals surface area contributed by atoms with Crippen LogP contribution in [0.3, 0.4) is 0 Å². The number of nitrogens with zero attached hydrogens (tertiary/aromatic N) is 5. The maximum Gasteiger partial charge on any atom is 0.168 e. The van der Waals surface area contributed by atoms with Crippen LogP contribution in [0.2, 0.25) is 0 Å². The number of benzene rings is 1. The predicted octanol–water partition coefficient (Wildman–Crippen LogP) is 3.18. The zero-order valence-electron chi connectivity index (χ0n) is 14.8. The SMILES string of the molecule is CCOc1cc2c(cc1-c1cn(Cc3cn4c(n3)SCC4)nn1)CCC2. The molecule has 1 aromatic carbocycles. The van der Waals surface area contributed by atoms with Crippen molar-refractivity contribution in [1.82, 2.24) is 24.5 Å². The number of aryl methyl sites for hydroxylation is 3. The third-order valence-electron chi connectivity index (χ3n) is 4.99. The van der Waals surface area contributed by atoms with Gasteiger partial charge in [0.1, 0.15) is 11.4 Å². The fraction of sp³-hybridized carbons (Fsp3) is 0.421. The van der Waals surface area contributed by atoms with Crippen molar-refractivity contribution in [2.24, 2.45) is 0 Å².